The number of H-pyrrole nitrogens is 1. The molecular formula is C3H4N4O. The monoisotopic (exact) mass is 112 g/mol. The van der Waals surface area contributed by atoms with Gasteiger partial charge in [0.25, 0.3) is 0 Å². The molecule has 0 bridgehead atoms. The van der Waals surface area contributed by atoms with E-state index in [2.05, 4.69) is 20.4 Å². The minimum atomic E-state index is 0.0694. The number of nitrogens with zero attached hydrogens (tertiary/aromatic N) is 3. The van der Waals surface area contributed by atoms with Crippen LogP contribution < -0.4 is 0 Å². The summed E-state index contributed by atoms with van der Waals surface area (Å²) in [6, 6.07) is 0. The lowest BCUT2D eigenvalue weighted by Crippen LogP contribution is -1.81. The van der Waals surface area contributed by atoms with Crippen LogP contribution in [-0.4, -0.2) is 15.2 Å². The van der Waals surface area contributed by atoms with Gasteiger partial charge >= 0.3 is 0 Å². The Bertz CT molecular complexity index is 158. The van der Waals surface area contributed by atoms with E-state index in [1.807, 2.05) is 0 Å². The quantitative estimate of drug-likeness (QED) is 0.550. The predicted molar refractivity (Wildman–Crippen MR) is 25.9 cm³/mol. The first-order valence-electron chi connectivity index (χ1n) is 2.07. The van der Waals surface area contributed by atoms with Gasteiger partial charge in [-0.15, -0.1) is 0 Å². The molecule has 0 aliphatic carbocycles. The highest BCUT2D eigenvalue weighted by Gasteiger charge is 1.89. The Labute approximate surface area is 45.1 Å². The molecule has 0 saturated carbocycles. The van der Waals surface area contributed by atoms with Gasteiger partial charge in [0.2, 0.25) is 0 Å². The summed E-state index contributed by atoms with van der Waals surface area (Å²) >= 11 is 0. The third kappa shape index (κ3) is 0.868. The van der Waals surface area contributed by atoms with Crippen molar-refractivity contribution in [3.63, 3.8) is 0 Å². The Morgan fingerprint density at radius 2 is 2.75 bits per heavy atom. The molecule has 0 atom stereocenters. The first-order valence-corrected chi connectivity index (χ1v) is 2.07. The Balaban J connectivity index is 2.62. The molecule has 5 nitrogen and oxygen atoms in total. The van der Waals surface area contributed by atoms with Gasteiger partial charge in [-0.25, -0.2) is 4.98 Å². The van der Waals surface area contributed by atoms with E-state index in [9.17, 15) is 4.91 Å². The molecule has 1 N–H and O–H groups in total. The Morgan fingerprint density at radius 1 is 1.88 bits per heavy atom. The summed E-state index contributed by atoms with van der Waals surface area (Å²) < 4.78 is 0. The summed E-state index contributed by atoms with van der Waals surface area (Å²) in [5, 5.41) is 8.58. The normalized spacial score (nSPS) is 9.00. The zero-order valence-electron chi connectivity index (χ0n) is 4.03. The molecule has 0 saturated heterocycles. The highest BCUT2D eigenvalue weighted by Crippen LogP contribution is 1.85. The largest absolute Gasteiger partial charge is 0.262 e. The summed E-state index contributed by atoms with van der Waals surface area (Å²) in [6.45, 7) is 0.0694. The third-order valence-electron chi connectivity index (χ3n) is 0.679. The minimum Gasteiger partial charge on any atom is -0.262 e. The van der Waals surface area contributed by atoms with Crippen LogP contribution in [0, 0.1) is 4.91 Å². The fraction of sp³-hybridized carbons (Fsp3) is 0.333. The number of aromatic amines is 1. The second kappa shape index (κ2) is 2.15. The maximum Gasteiger partial charge on any atom is 0.149 e. The van der Waals surface area contributed by atoms with Crippen molar-refractivity contribution in [2.24, 2.45) is 5.18 Å². The number of hydrogen-bond donors (Lipinski definition) is 1. The summed E-state index contributed by atoms with van der Waals surface area (Å²) in [4.78, 5) is 13.2. The van der Waals surface area contributed by atoms with Crippen molar-refractivity contribution in [1.29, 1.82) is 0 Å². The highest BCUT2D eigenvalue weighted by molar-refractivity contribution is 4.77. The van der Waals surface area contributed by atoms with Gasteiger partial charge in [0.05, 0.1) is 0 Å². The lowest BCUT2D eigenvalue weighted by molar-refractivity contribution is 0.911. The molecule has 0 aliphatic rings. The average Bonchev–Trinajstić information content (AvgIpc) is 2.19. The van der Waals surface area contributed by atoms with Crippen LogP contribution in [0.15, 0.2) is 11.5 Å². The fourth-order valence-corrected chi connectivity index (χ4v) is 0.368. The van der Waals surface area contributed by atoms with Crippen molar-refractivity contribution in [3.05, 3.63) is 17.1 Å². The molecule has 0 radical (unpaired) electrons. The average molecular weight is 112 g/mol. The standard InChI is InChI=1S/C3H4N4O/c8-6-1-3-4-2-5-7-3/h2H,1H2,(H,4,5,7). The van der Waals surface area contributed by atoms with E-state index in [1.54, 1.807) is 0 Å². The Hall–Kier alpha value is -1.26. The number of hydrogen-bond acceptors (Lipinski definition) is 4. The number of nitrogens with one attached hydrogen (secondary N) is 1. The van der Waals surface area contributed by atoms with Crippen molar-refractivity contribution in [2.75, 3.05) is 0 Å². The molecular weight excluding hydrogens is 108 g/mol. The summed E-state index contributed by atoms with van der Waals surface area (Å²) in [5.41, 5.74) is 0. The van der Waals surface area contributed by atoms with E-state index in [-0.39, 0.29) is 6.54 Å². The van der Waals surface area contributed by atoms with Gasteiger partial charge in [-0.2, -0.15) is 10.0 Å². The molecule has 1 heterocycles. The zero-order chi connectivity index (χ0) is 5.82. The summed E-state index contributed by atoms with van der Waals surface area (Å²) in [6.07, 6.45) is 1.33. The van der Waals surface area contributed by atoms with Crippen molar-refractivity contribution < 1.29 is 0 Å². The molecule has 0 amide bonds. The van der Waals surface area contributed by atoms with E-state index < -0.39 is 0 Å². The van der Waals surface area contributed by atoms with Crippen LogP contribution >= 0.6 is 0 Å². The second-order valence-electron chi connectivity index (χ2n) is 1.22. The van der Waals surface area contributed by atoms with E-state index >= 15 is 0 Å². The molecule has 5 heteroatoms. The van der Waals surface area contributed by atoms with Crippen LogP contribution in [0.5, 0.6) is 0 Å². The number of rotatable bonds is 2. The SMILES string of the molecule is O=NCc1ncn[nH]1. The van der Waals surface area contributed by atoms with E-state index in [0.717, 1.165) is 0 Å². The molecule has 1 aromatic heterocycles. The molecule has 1 aromatic rings. The van der Waals surface area contributed by atoms with Crippen LogP contribution in [0.1, 0.15) is 5.82 Å². The van der Waals surface area contributed by atoms with Crippen LogP contribution in [0.3, 0.4) is 0 Å². The van der Waals surface area contributed by atoms with Gasteiger partial charge in [-0.3, -0.25) is 5.10 Å². The molecule has 8 heavy (non-hydrogen) atoms. The molecule has 1 rings (SSSR count). The smallest absolute Gasteiger partial charge is 0.149 e. The second-order valence-corrected chi connectivity index (χ2v) is 1.22. The van der Waals surface area contributed by atoms with Crippen molar-refractivity contribution in [1.82, 2.24) is 15.2 Å². The molecule has 0 spiro atoms. The molecule has 42 valence electrons. The lowest BCUT2D eigenvalue weighted by Gasteiger charge is -1.76. The van der Waals surface area contributed by atoms with Gasteiger partial charge in [0.15, 0.2) is 0 Å². The predicted octanol–water partition coefficient (Wildman–Crippen LogP) is 0.0711. The van der Waals surface area contributed by atoms with Crippen LogP contribution in [0.25, 0.3) is 0 Å². The molecule has 0 aromatic carbocycles. The maximum absolute atomic E-state index is 9.53. The minimum absolute atomic E-state index is 0.0694. The molecule has 0 fully saturated rings. The fourth-order valence-electron chi connectivity index (χ4n) is 0.368. The van der Waals surface area contributed by atoms with Crippen molar-refractivity contribution >= 4 is 0 Å². The maximum atomic E-state index is 9.53. The third-order valence-corrected chi connectivity index (χ3v) is 0.679. The molecule has 0 aliphatic heterocycles. The first-order chi connectivity index (χ1) is 3.93. The summed E-state index contributed by atoms with van der Waals surface area (Å²) in [7, 11) is 0. The Morgan fingerprint density at radius 3 is 3.25 bits per heavy atom. The Kier molecular flexibility index (Phi) is 1.32. The van der Waals surface area contributed by atoms with Gasteiger partial charge in [-0.05, 0) is 0 Å². The van der Waals surface area contributed by atoms with Crippen LogP contribution in [0.4, 0.5) is 0 Å². The molecule has 0 unspecified atom stereocenters. The van der Waals surface area contributed by atoms with Gasteiger partial charge in [0.1, 0.15) is 18.7 Å². The van der Waals surface area contributed by atoms with Crippen molar-refractivity contribution in [2.45, 2.75) is 6.54 Å². The first kappa shape index (κ1) is 4.89. The number of nitroso groups, excluding NO2 is 1. The van der Waals surface area contributed by atoms with E-state index in [0.29, 0.717) is 5.82 Å². The summed E-state index contributed by atoms with van der Waals surface area (Å²) in [5.74, 6) is 0.500. The number of aromatic nitrogens is 3. The van der Waals surface area contributed by atoms with Crippen LogP contribution in [0.2, 0.25) is 0 Å². The van der Waals surface area contributed by atoms with E-state index in [4.69, 9.17) is 0 Å². The van der Waals surface area contributed by atoms with Gasteiger partial charge < -0.3 is 0 Å². The lowest BCUT2D eigenvalue weighted by atomic mass is 10.6. The van der Waals surface area contributed by atoms with E-state index in [1.165, 1.54) is 6.33 Å². The topological polar surface area (TPSA) is 71.0 Å². The van der Waals surface area contributed by atoms with Gasteiger partial charge in [-0.1, -0.05) is 5.18 Å². The van der Waals surface area contributed by atoms with Crippen molar-refractivity contribution in [3.8, 4) is 0 Å². The highest BCUT2D eigenvalue weighted by atomic mass is 16.3. The van der Waals surface area contributed by atoms with Gasteiger partial charge in [0, 0.05) is 0 Å². The zero-order valence-corrected chi connectivity index (χ0v) is 4.03. The van der Waals surface area contributed by atoms with Crippen LogP contribution in [-0.2, 0) is 6.54 Å².